The van der Waals surface area contributed by atoms with Gasteiger partial charge in [-0.2, -0.15) is 4.98 Å². The predicted octanol–water partition coefficient (Wildman–Crippen LogP) is 1.86. The van der Waals surface area contributed by atoms with Gasteiger partial charge in [0, 0.05) is 25.9 Å². The largest absolute Gasteiger partial charge is 0.396 e. The van der Waals surface area contributed by atoms with E-state index in [0.29, 0.717) is 18.9 Å². The second-order valence-electron chi connectivity index (χ2n) is 3.32. The molecule has 1 heterocycles. The summed E-state index contributed by atoms with van der Waals surface area (Å²) >= 11 is 3.37. The van der Waals surface area contributed by atoms with Crippen LogP contribution in [0.1, 0.15) is 19.8 Å². The SMILES string of the molecule is CCCNc1ncc(Br)c(NCCCO)n1. The monoisotopic (exact) mass is 288 g/mol. The van der Waals surface area contributed by atoms with Crippen molar-refractivity contribution in [1.82, 2.24) is 9.97 Å². The van der Waals surface area contributed by atoms with Crippen molar-refractivity contribution >= 4 is 27.7 Å². The Morgan fingerprint density at radius 3 is 2.88 bits per heavy atom. The van der Waals surface area contributed by atoms with Crippen molar-refractivity contribution in [3.8, 4) is 0 Å². The van der Waals surface area contributed by atoms with E-state index in [2.05, 4.69) is 43.5 Å². The van der Waals surface area contributed by atoms with Crippen molar-refractivity contribution in [2.45, 2.75) is 19.8 Å². The molecular weight excluding hydrogens is 272 g/mol. The van der Waals surface area contributed by atoms with Crippen molar-refractivity contribution in [2.75, 3.05) is 30.3 Å². The van der Waals surface area contributed by atoms with Gasteiger partial charge in [-0.3, -0.25) is 0 Å². The molecule has 0 bridgehead atoms. The molecule has 5 nitrogen and oxygen atoms in total. The number of nitrogens with one attached hydrogen (secondary N) is 2. The highest BCUT2D eigenvalue weighted by atomic mass is 79.9. The molecule has 1 rings (SSSR count). The summed E-state index contributed by atoms with van der Waals surface area (Å²) in [6, 6.07) is 0. The van der Waals surface area contributed by atoms with Crippen LogP contribution in [0.5, 0.6) is 0 Å². The van der Waals surface area contributed by atoms with Crippen LogP contribution in [-0.4, -0.2) is 34.8 Å². The summed E-state index contributed by atoms with van der Waals surface area (Å²) in [6.07, 6.45) is 3.45. The maximum absolute atomic E-state index is 8.69. The van der Waals surface area contributed by atoms with Gasteiger partial charge in [-0.25, -0.2) is 4.98 Å². The molecular formula is C10H17BrN4O. The molecule has 90 valence electrons. The predicted molar refractivity (Wildman–Crippen MR) is 68.7 cm³/mol. The Hall–Kier alpha value is -0.880. The Labute approximate surface area is 104 Å². The zero-order valence-electron chi connectivity index (χ0n) is 9.33. The van der Waals surface area contributed by atoms with Crippen LogP contribution < -0.4 is 10.6 Å². The summed E-state index contributed by atoms with van der Waals surface area (Å²) in [6.45, 7) is 3.82. The first-order chi connectivity index (χ1) is 7.77. The van der Waals surface area contributed by atoms with Crippen molar-refractivity contribution in [3.63, 3.8) is 0 Å². The standard InChI is InChI=1S/C10H17BrN4O/c1-2-4-13-10-14-7-8(11)9(15-10)12-5-3-6-16/h7,16H,2-6H2,1H3,(H2,12,13,14,15). The van der Waals surface area contributed by atoms with Crippen LogP contribution in [0.4, 0.5) is 11.8 Å². The number of aliphatic hydroxyl groups excluding tert-OH is 1. The molecule has 0 aromatic carbocycles. The number of aliphatic hydroxyl groups is 1. The van der Waals surface area contributed by atoms with Gasteiger partial charge in [0.1, 0.15) is 5.82 Å². The second kappa shape index (κ2) is 7.40. The van der Waals surface area contributed by atoms with Crippen LogP contribution in [-0.2, 0) is 0 Å². The number of rotatable bonds is 7. The van der Waals surface area contributed by atoms with Gasteiger partial charge in [0.2, 0.25) is 5.95 Å². The van der Waals surface area contributed by atoms with Crippen molar-refractivity contribution in [3.05, 3.63) is 10.7 Å². The zero-order chi connectivity index (χ0) is 11.8. The van der Waals surface area contributed by atoms with E-state index in [1.54, 1.807) is 6.20 Å². The maximum Gasteiger partial charge on any atom is 0.224 e. The summed E-state index contributed by atoms with van der Waals surface area (Å²) in [5, 5.41) is 14.9. The molecule has 1 aromatic heterocycles. The maximum atomic E-state index is 8.69. The van der Waals surface area contributed by atoms with Crippen molar-refractivity contribution in [2.24, 2.45) is 0 Å². The van der Waals surface area contributed by atoms with E-state index < -0.39 is 0 Å². The summed E-state index contributed by atoms with van der Waals surface area (Å²) < 4.78 is 0.826. The Morgan fingerprint density at radius 1 is 1.38 bits per heavy atom. The van der Waals surface area contributed by atoms with Gasteiger partial charge in [0.05, 0.1) is 4.47 Å². The van der Waals surface area contributed by atoms with Crippen molar-refractivity contribution in [1.29, 1.82) is 0 Å². The van der Waals surface area contributed by atoms with E-state index in [-0.39, 0.29) is 6.61 Å². The smallest absolute Gasteiger partial charge is 0.224 e. The van der Waals surface area contributed by atoms with Crippen LogP contribution >= 0.6 is 15.9 Å². The third-order valence-electron chi connectivity index (χ3n) is 1.90. The van der Waals surface area contributed by atoms with E-state index >= 15 is 0 Å². The third kappa shape index (κ3) is 4.32. The fraction of sp³-hybridized carbons (Fsp3) is 0.600. The fourth-order valence-corrected chi connectivity index (χ4v) is 1.43. The van der Waals surface area contributed by atoms with Gasteiger partial charge in [-0.05, 0) is 28.8 Å². The molecule has 0 amide bonds. The molecule has 16 heavy (non-hydrogen) atoms. The van der Waals surface area contributed by atoms with Gasteiger partial charge in [-0.1, -0.05) is 6.92 Å². The molecule has 6 heteroatoms. The zero-order valence-corrected chi connectivity index (χ0v) is 10.9. The lowest BCUT2D eigenvalue weighted by Crippen LogP contribution is -2.09. The Morgan fingerprint density at radius 2 is 2.19 bits per heavy atom. The van der Waals surface area contributed by atoms with Crippen LogP contribution in [0.3, 0.4) is 0 Å². The summed E-state index contributed by atoms with van der Waals surface area (Å²) in [4.78, 5) is 8.47. The quantitative estimate of drug-likeness (QED) is 0.668. The van der Waals surface area contributed by atoms with Crippen LogP contribution in [0.2, 0.25) is 0 Å². The fourth-order valence-electron chi connectivity index (χ4n) is 1.10. The summed E-state index contributed by atoms with van der Waals surface area (Å²) in [5.41, 5.74) is 0. The lowest BCUT2D eigenvalue weighted by molar-refractivity contribution is 0.292. The van der Waals surface area contributed by atoms with Gasteiger partial charge in [0.15, 0.2) is 0 Å². The van der Waals surface area contributed by atoms with Crippen LogP contribution in [0.15, 0.2) is 10.7 Å². The van der Waals surface area contributed by atoms with Gasteiger partial charge < -0.3 is 15.7 Å². The number of hydrogen-bond donors (Lipinski definition) is 3. The highest BCUT2D eigenvalue weighted by Crippen LogP contribution is 2.19. The van der Waals surface area contributed by atoms with E-state index in [1.807, 2.05) is 0 Å². The van der Waals surface area contributed by atoms with Crippen LogP contribution in [0, 0.1) is 0 Å². The molecule has 0 saturated carbocycles. The Bertz CT molecular complexity index is 322. The first-order valence-electron chi connectivity index (χ1n) is 5.39. The molecule has 0 atom stereocenters. The van der Waals surface area contributed by atoms with E-state index in [4.69, 9.17) is 5.11 Å². The van der Waals surface area contributed by atoms with Gasteiger partial charge in [-0.15, -0.1) is 0 Å². The molecule has 0 saturated heterocycles. The highest BCUT2D eigenvalue weighted by molar-refractivity contribution is 9.10. The van der Waals surface area contributed by atoms with E-state index in [0.717, 1.165) is 23.3 Å². The number of nitrogens with zero attached hydrogens (tertiary/aromatic N) is 2. The summed E-state index contributed by atoms with van der Waals surface area (Å²) in [5.74, 6) is 1.37. The second-order valence-corrected chi connectivity index (χ2v) is 4.18. The molecule has 0 aliphatic carbocycles. The first-order valence-corrected chi connectivity index (χ1v) is 6.18. The highest BCUT2D eigenvalue weighted by Gasteiger charge is 2.03. The van der Waals surface area contributed by atoms with Gasteiger partial charge >= 0.3 is 0 Å². The third-order valence-corrected chi connectivity index (χ3v) is 2.48. The lowest BCUT2D eigenvalue weighted by atomic mass is 10.4. The molecule has 0 aliphatic rings. The molecule has 3 N–H and O–H groups in total. The summed E-state index contributed by atoms with van der Waals surface area (Å²) in [7, 11) is 0. The minimum atomic E-state index is 0.177. The minimum Gasteiger partial charge on any atom is -0.396 e. The first kappa shape index (κ1) is 13.2. The van der Waals surface area contributed by atoms with E-state index in [1.165, 1.54) is 0 Å². The topological polar surface area (TPSA) is 70.1 Å². The average Bonchev–Trinajstić information content (AvgIpc) is 2.30. The Balaban J connectivity index is 2.59. The molecule has 1 aromatic rings. The van der Waals surface area contributed by atoms with E-state index in [9.17, 15) is 0 Å². The number of halogens is 1. The number of hydrogen-bond acceptors (Lipinski definition) is 5. The number of aromatic nitrogens is 2. The molecule has 0 aliphatic heterocycles. The normalized spacial score (nSPS) is 10.2. The molecule has 0 spiro atoms. The minimum absolute atomic E-state index is 0.177. The Kier molecular flexibility index (Phi) is 6.10. The van der Waals surface area contributed by atoms with Gasteiger partial charge in [0.25, 0.3) is 0 Å². The molecule has 0 unspecified atom stereocenters. The average molecular weight is 289 g/mol. The lowest BCUT2D eigenvalue weighted by Gasteiger charge is -2.09. The molecule has 0 radical (unpaired) electrons. The number of anilines is 2. The van der Waals surface area contributed by atoms with Crippen molar-refractivity contribution < 1.29 is 5.11 Å². The molecule has 0 fully saturated rings. The van der Waals surface area contributed by atoms with Crippen LogP contribution in [0.25, 0.3) is 0 Å².